The van der Waals surface area contributed by atoms with Gasteiger partial charge < -0.3 is 4.98 Å². The lowest BCUT2D eigenvalue weighted by atomic mass is 10.00. The van der Waals surface area contributed by atoms with Crippen LogP contribution < -0.4 is 9.89 Å². The minimum Gasteiger partial charge on any atom is -0.346 e. The van der Waals surface area contributed by atoms with Crippen LogP contribution in [0, 0.1) is 0 Å². The van der Waals surface area contributed by atoms with Gasteiger partial charge in [-0.15, -0.1) is 22.7 Å². The van der Waals surface area contributed by atoms with Crippen LogP contribution in [0.3, 0.4) is 0 Å². The van der Waals surface area contributed by atoms with Gasteiger partial charge in [0.15, 0.2) is 0 Å². The summed E-state index contributed by atoms with van der Waals surface area (Å²) in [5.41, 5.74) is 4.47. The summed E-state index contributed by atoms with van der Waals surface area (Å²) in [6.07, 6.45) is 2.25. The molecule has 2 nitrogen and oxygen atoms in total. The topological polar surface area (TPSA) is 28.1 Å². The summed E-state index contributed by atoms with van der Waals surface area (Å²) < 4.78 is 3.71. The highest BCUT2D eigenvalue weighted by Gasteiger charge is 2.18. The molecule has 1 aliphatic rings. The average molecular weight is 433 g/mol. The normalized spacial score (nSPS) is 14.7. The van der Waals surface area contributed by atoms with E-state index in [0.717, 1.165) is 21.6 Å². The van der Waals surface area contributed by atoms with Crippen molar-refractivity contribution in [3.63, 3.8) is 0 Å². The lowest BCUT2D eigenvalue weighted by Gasteiger charge is -2.08. The van der Waals surface area contributed by atoms with Gasteiger partial charge in [-0.2, -0.15) is 0 Å². The van der Waals surface area contributed by atoms with Crippen LogP contribution >= 0.6 is 22.7 Å². The predicted molar refractivity (Wildman–Crippen MR) is 133 cm³/mol. The molecule has 31 heavy (non-hydrogen) atoms. The van der Waals surface area contributed by atoms with Gasteiger partial charge in [0.1, 0.15) is 9.50 Å². The van der Waals surface area contributed by atoms with Crippen molar-refractivity contribution in [2.75, 3.05) is 0 Å². The van der Waals surface area contributed by atoms with E-state index < -0.39 is 0 Å². The molecule has 1 aliphatic heterocycles. The molecule has 4 heteroatoms. The number of fused-ring (bicyclic) bond motifs is 6. The minimum atomic E-state index is 1.02. The zero-order valence-electron chi connectivity index (χ0n) is 16.4. The van der Waals surface area contributed by atoms with Crippen LogP contribution in [0.2, 0.25) is 0 Å². The lowest BCUT2D eigenvalue weighted by molar-refractivity contribution is 1.34. The van der Waals surface area contributed by atoms with Gasteiger partial charge >= 0.3 is 0 Å². The Morgan fingerprint density at radius 1 is 0.710 bits per heavy atom. The maximum absolute atomic E-state index is 5.08. The van der Waals surface area contributed by atoms with Crippen LogP contribution in [0.25, 0.3) is 42.0 Å². The molecule has 6 aromatic rings. The second kappa shape index (κ2) is 6.51. The lowest BCUT2D eigenvalue weighted by Crippen LogP contribution is -2.13. The second-order valence-corrected chi connectivity index (χ2v) is 9.81. The zero-order chi connectivity index (χ0) is 20.4. The Hall–Kier alpha value is -3.47. The molecule has 3 aromatic heterocycles. The molecule has 0 spiro atoms. The number of H-pyrrole nitrogens is 1. The molecule has 0 fully saturated rings. The molecule has 3 aromatic carbocycles. The summed E-state index contributed by atoms with van der Waals surface area (Å²) in [5, 5.41) is 5.11. The molecular weight excluding hydrogens is 416 g/mol. The van der Waals surface area contributed by atoms with E-state index in [0.29, 0.717) is 0 Å². The Labute approximate surface area is 186 Å². The summed E-state index contributed by atoms with van der Waals surface area (Å²) in [4.78, 5) is 10.00. The molecule has 0 saturated heterocycles. The Morgan fingerprint density at radius 2 is 1.42 bits per heavy atom. The summed E-state index contributed by atoms with van der Waals surface area (Å²) in [6.45, 7) is 0. The van der Waals surface area contributed by atoms with E-state index in [9.17, 15) is 0 Å². The van der Waals surface area contributed by atoms with Crippen LogP contribution in [-0.4, -0.2) is 4.98 Å². The van der Waals surface area contributed by atoms with Crippen LogP contribution in [0.5, 0.6) is 0 Å². The third-order valence-corrected chi connectivity index (χ3v) is 8.06. The largest absolute Gasteiger partial charge is 0.346 e. The van der Waals surface area contributed by atoms with E-state index in [4.69, 9.17) is 4.99 Å². The molecule has 1 N–H and O–H groups in total. The fourth-order valence-corrected chi connectivity index (χ4v) is 6.63. The number of benzene rings is 3. The third-order valence-electron chi connectivity index (χ3n) is 5.88. The first-order valence-corrected chi connectivity index (χ1v) is 11.9. The van der Waals surface area contributed by atoms with Gasteiger partial charge in [0, 0.05) is 42.0 Å². The Kier molecular flexibility index (Phi) is 3.62. The van der Waals surface area contributed by atoms with Crippen molar-refractivity contribution < 1.29 is 0 Å². The van der Waals surface area contributed by atoms with Crippen LogP contribution in [0.4, 0.5) is 0 Å². The predicted octanol–water partition coefficient (Wildman–Crippen LogP) is 6.47. The monoisotopic (exact) mass is 432 g/mol. The molecule has 0 amide bonds. The summed E-state index contributed by atoms with van der Waals surface area (Å²) in [7, 11) is 0. The molecular formula is C27H16N2S2. The first-order valence-electron chi connectivity index (χ1n) is 10.2. The van der Waals surface area contributed by atoms with Gasteiger partial charge in [-0.05, 0) is 29.8 Å². The van der Waals surface area contributed by atoms with Crippen molar-refractivity contribution in [1.29, 1.82) is 0 Å². The number of nitrogens with zero attached hydrogens (tertiary/aromatic N) is 1. The van der Waals surface area contributed by atoms with Gasteiger partial charge in [0.05, 0.1) is 5.70 Å². The number of hydrogen-bond acceptors (Lipinski definition) is 3. The summed E-state index contributed by atoms with van der Waals surface area (Å²) in [6, 6.07) is 30.1. The number of hydrogen-bond donors (Lipinski definition) is 1. The maximum atomic E-state index is 5.08. The number of rotatable bonds is 2. The Bertz CT molecular complexity index is 1780. The van der Waals surface area contributed by atoms with Crippen molar-refractivity contribution >= 4 is 64.7 Å². The molecule has 0 radical (unpaired) electrons. The SMILES string of the molecule is C1=c2c(sc3ccccc23)=N/C1=C(/c1ccccc1)c1cc2c([nH]1)sc1ccccc12. The smallest absolute Gasteiger partial charge is 0.125 e. The van der Waals surface area contributed by atoms with E-state index in [2.05, 4.69) is 96.0 Å². The zero-order valence-corrected chi connectivity index (χ0v) is 18.1. The first-order chi connectivity index (χ1) is 15.3. The highest BCUT2D eigenvalue weighted by molar-refractivity contribution is 7.25. The van der Waals surface area contributed by atoms with Gasteiger partial charge in [0.2, 0.25) is 0 Å². The Morgan fingerprint density at radius 3 is 2.26 bits per heavy atom. The van der Waals surface area contributed by atoms with Crippen molar-refractivity contribution in [3.05, 3.63) is 112 Å². The molecule has 0 unspecified atom stereocenters. The molecule has 0 aliphatic carbocycles. The molecule has 0 saturated carbocycles. The van der Waals surface area contributed by atoms with Gasteiger partial charge in [0.25, 0.3) is 0 Å². The number of thiophene rings is 2. The maximum Gasteiger partial charge on any atom is 0.125 e. The van der Waals surface area contributed by atoms with E-state index in [-0.39, 0.29) is 0 Å². The average Bonchev–Trinajstić information content (AvgIpc) is 3.54. The number of allylic oxidation sites excluding steroid dienone is 1. The van der Waals surface area contributed by atoms with E-state index in [1.165, 1.54) is 41.2 Å². The number of aromatic amines is 1. The Balaban J connectivity index is 1.52. The third kappa shape index (κ3) is 2.59. The second-order valence-electron chi connectivity index (χ2n) is 7.72. The van der Waals surface area contributed by atoms with E-state index >= 15 is 0 Å². The summed E-state index contributed by atoms with van der Waals surface area (Å²) >= 11 is 3.58. The molecule has 7 rings (SSSR count). The number of nitrogens with one attached hydrogen (secondary N) is 1. The van der Waals surface area contributed by atoms with Crippen molar-refractivity contribution in [2.24, 2.45) is 4.99 Å². The van der Waals surface area contributed by atoms with Crippen LogP contribution in [0.1, 0.15) is 11.3 Å². The quantitative estimate of drug-likeness (QED) is 0.325. The van der Waals surface area contributed by atoms with Gasteiger partial charge in [-0.25, -0.2) is 4.99 Å². The van der Waals surface area contributed by atoms with Crippen LogP contribution in [-0.2, 0) is 0 Å². The highest BCUT2D eigenvalue weighted by Crippen LogP contribution is 2.38. The van der Waals surface area contributed by atoms with Gasteiger partial charge in [-0.1, -0.05) is 66.7 Å². The molecule has 146 valence electrons. The first kappa shape index (κ1) is 17.2. The fourth-order valence-electron chi connectivity index (χ4n) is 4.47. The van der Waals surface area contributed by atoms with Crippen molar-refractivity contribution in [1.82, 2.24) is 4.98 Å². The standard InChI is InChI=1S/C27H16N2S2/c1-2-8-16(9-3-1)25(21-14-19-17-10-4-6-12-23(17)30-26(19)28-21)22-15-20-18-11-5-7-13-24(18)31-27(20)29-22/h1-15,28H/b25-22-. The number of aromatic nitrogens is 1. The molecule has 4 heterocycles. The molecule has 0 bridgehead atoms. The van der Waals surface area contributed by atoms with E-state index in [1.807, 2.05) is 11.3 Å². The fraction of sp³-hybridized carbons (Fsp3) is 0. The van der Waals surface area contributed by atoms with E-state index in [1.54, 1.807) is 11.3 Å². The van der Waals surface area contributed by atoms with Crippen molar-refractivity contribution in [3.8, 4) is 0 Å². The van der Waals surface area contributed by atoms with Gasteiger partial charge in [-0.3, -0.25) is 0 Å². The molecule has 0 atom stereocenters. The summed E-state index contributed by atoms with van der Waals surface area (Å²) in [5.74, 6) is 0. The highest BCUT2D eigenvalue weighted by atomic mass is 32.1. The van der Waals surface area contributed by atoms with Crippen LogP contribution in [0.15, 0.2) is 95.6 Å². The van der Waals surface area contributed by atoms with Crippen molar-refractivity contribution in [2.45, 2.75) is 0 Å². The minimum absolute atomic E-state index is 1.02.